The molecule has 168 valence electrons. The summed E-state index contributed by atoms with van der Waals surface area (Å²) in [5.74, 6) is -0.723. The molecular formula is C24H21F2N5OS. The van der Waals surface area contributed by atoms with Crippen LogP contribution in [0, 0.1) is 23.1 Å². The normalized spacial score (nSPS) is 25.9. The van der Waals surface area contributed by atoms with Crippen molar-refractivity contribution in [3.8, 4) is 6.07 Å². The lowest BCUT2D eigenvalue weighted by Gasteiger charge is -2.35. The van der Waals surface area contributed by atoms with Gasteiger partial charge in [0.05, 0.1) is 28.1 Å². The lowest BCUT2D eigenvalue weighted by molar-refractivity contribution is 0.176. The fourth-order valence-electron chi connectivity index (χ4n) is 4.90. The molecule has 5 rings (SSSR count). The molecule has 2 aliphatic rings. The first kappa shape index (κ1) is 21.7. The zero-order valence-corrected chi connectivity index (χ0v) is 18.7. The van der Waals surface area contributed by atoms with Crippen LogP contribution in [-0.4, -0.2) is 40.3 Å². The Labute approximate surface area is 193 Å². The van der Waals surface area contributed by atoms with Crippen LogP contribution in [0.3, 0.4) is 0 Å². The molecule has 1 aromatic carbocycles. The molecule has 1 aliphatic carbocycles. The molecular weight excluding hydrogens is 444 g/mol. The fraction of sp³-hybridized carbons (Fsp3) is 0.333. The van der Waals surface area contributed by atoms with Crippen molar-refractivity contribution in [1.29, 1.82) is 5.26 Å². The maximum atomic E-state index is 15.1. The second-order valence-corrected chi connectivity index (χ2v) is 9.96. The van der Waals surface area contributed by atoms with Crippen LogP contribution in [0.2, 0.25) is 0 Å². The minimum Gasteiger partial charge on any atom is -0.383 e. The third kappa shape index (κ3) is 3.54. The van der Waals surface area contributed by atoms with Gasteiger partial charge in [-0.3, -0.25) is 9.97 Å². The lowest BCUT2D eigenvalue weighted by atomic mass is 9.83. The summed E-state index contributed by atoms with van der Waals surface area (Å²) in [4.78, 5) is 13.3. The second kappa shape index (κ2) is 8.04. The van der Waals surface area contributed by atoms with Gasteiger partial charge in [0.2, 0.25) is 0 Å². The number of alkyl halides is 1. The highest BCUT2D eigenvalue weighted by atomic mass is 32.2. The third-order valence-electron chi connectivity index (χ3n) is 6.48. The highest BCUT2D eigenvalue weighted by Gasteiger charge is 2.68. The van der Waals surface area contributed by atoms with Gasteiger partial charge in [0, 0.05) is 42.8 Å². The van der Waals surface area contributed by atoms with Gasteiger partial charge in [0.25, 0.3) is 0 Å². The number of fused-ring (bicyclic) bond motifs is 2. The maximum absolute atomic E-state index is 15.1. The summed E-state index contributed by atoms with van der Waals surface area (Å²) in [6.07, 6.45) is 4.18. The van der Waals surface area contributed by atoms with Crippen LogP contribution in [0.25, 0.3) is 10.9 Å². The SMILES string of the molecule is COC[C@]12C[C@H]1[C@@](CF)(c1cc(Cc3nccc4cc(C#N)cnc34)ccc1F)N=C(N)S2. The van der Waals surface area contributed by atoms with Crippen LogP contribution in [0.5, 0.6) is 0 Å². The van der Waals surface area contributed by atoms with Gasteiger partial charge in [-0.2, -0.15) is 5.26 Å². The summed E-state index contributed by atoms with van der Waals surface area (Å²) in [6.45, 7) is -0.451. The Kier molecular flexibility index (Phi) is 5.30. The number of rotatable bonds is 6. The van der Waals surface area contributed by atoms with Gasteiger partial charge >= 0.3 is 0 Å². The zero-order valence-electron chi connectivity index (χ0n) is 17.9. The zero-order chi connectivity index (χ0) is 23.2. The van der Waals surface area contributed by atoms with E-state index in [1.807, 2.05) is 0 Å². The van der Waals surface area contributed by atoms with Crippen molar-refractivity contribution in [3.05, 3.63) is 70.9 Å². The van der Waals surface area contributed by atoms with E-state index in [0.717, 1.165) is 10.9 Å². The Morgan fingerprint density at radius 1 is 1.30 bits per heavy atom. The van der Waals surface area contributed by atoms with Crippen LogP contribution in [-0.2, 0) is 16.7 Å². The Bertz CT molecular complexity index is 1330. The van der Waals surface area contributed by atoms with Crippen LogP contribution in [0.4, 0.5) is 8.78 Å². The molecule has 3 aromatic rings. The number of methoxy groups -OCH3 is 1. The van der Waals surface area contributed by atoms with Crippen molar-refractivity contribution in [2.75, 3.05) is 20.4 Å². The van der Waals surface area contributed by atoms with Crippen molar-refractivity contribution in [3.63, 3.8) is 0 Å². The molecule has 0 unspecified atom stereocenters. The number of aliphatic imine (C=N–C) groups is 1. The number of nitrogens with two attached hydrogens (primary N) is 1. The molecule has 0 amide bonds. The maximum Gasteiger partial charge on any atom is 0.155 e. The van der Waals surface area contributed by atoms with E-state index in [-0.39, 0.29) is 21.4 Å². The minimum absolute atomic E-state index is 0.202. The van der Waals surface area contributed by atoms with Crippen molar-refractivity contribution < 1.29 is 13.5 Å². The molecule has 0 radical (unpaired) electrons. The second-order valence-electron chi connectivity index (χ2n) is 8.52. The Hall–Kier alpha value is -3.09. The predicted molar refractivity (Wildman–Crippen MR) is 123 cm³/mol. The van der Waals surface area contributed by atoms with Gasteiger partial charge in [-0.25, -0.2) is 13.8 Å². The highest BCUT2D eigenvalue weighted by molar-refractivity contribution is 8.15. The molecule has 1 fully saturated rings. The number of pyridine rings is 2. The number of halogens is 2. The van der Waals surface area contributed by atoms with E-state index in [0.29, 0.717) is 36.2 Å². The third-order valence-corrected chi connectivity index (χ3v) is 7.76. The van der Waals surface area contributed by atoms with Crippen molar-refractivity contribution in [1.82, 2.24) is 9.97 Å². The van der Waals surface area contributed by atoms with E-state index in [4.69, 9.17) is 15.7 Å². The number of nitriles is 1. The molecule has 0 saturated heterocycles. The van der Waals surface area contributed by atoms with Crippen molar-refractivity contribution in [2.24, 2.45) is 16.6 Å². The topological polar surface area (TPSA) is 97.2 Å². The average Bonchev–Trinajstić information content (AvgIpc) is 3.54. The van der Waals surface area contributed by atoms with E-state index in [1.165, 1.54) is 24.0 Å². The molecule has 3 atom stereocenters. The van der Waals surface area contributed by atoms with Crippen molar-refractivity contribution in [2.45, 2.75) is 23.1 Å². The number of hydrogen-bond acceptors (Lipinski definition) is 7. The summed E-state index contributed by atoms with van der Waals surface area (Å²) < 4.78 is 34.8. The highest BCUT2D eigenvalue weighted by Crippen LogP contribution is 2.66. The lowest BCUT2D eigenvalue weighted by Crippen LogP contribution is -2.41. The summed E-state index contributed by atoms with van der Waals surface area (Å²) in [7, 11) is 1.59. The number of ether oxygens (including phenoxy) is 1. The predicted octanol–water partition coefficient (Wildman–Crippen LogP) is 3.86. The first-order valence-corrected chi connectivity index (χ1v) is 11.3. The molecule has 3 heterocycles. The van der Waals surface area contributed by atoms with Gasteiger partial charge < -0.3 is 10.5 Å². The number of aromatic nitrogens is 2. The van der Waals surface area contributed by atoms with E-state index in [2.05, 4.69) is 21.0 Å². The molecule has 33 heavy (non-hydrogen) atoms. The molecule has 2 N–H and O–H groups in total. The van der Waals surface area contributed by atoms with E-state index in [9.17, 15) is 4.39 Å². The van der Waals surface area contributed by atoms with Gasteiger partial charge in [0.1, 0.15) is 24.1 Å². The fourth-order valence-corrected chi connectivity index (χ4v) is 6.29. The quantitative estimate of drug-likeness (QED) is 0.594. The Morgan fingerprint density at radius 3 is 2.91 bits per heavy atom. The number of amidine groups is 1. The first-order chi connectivity index (χ1) is 15.9. The monoisotopic (exact) mass is 465 g/mol. The van der Waals surface area contributed by atoms with Crippen LogP contribution < -0.4 is 5.73 Å². The number of hydrogen-bond donors (Lipinski definition) is 1. The van der Waals surface area contributed by atoms with Gasteiger partial charge in [-0.15, -0.1) is 0 Å². The van der Waals surface area contributed by atoms with E-state index >= 15 is 4.39 Å². The summed E-state index contributed by atoms with van der Waals surface area (Å²) >= 11 is 1.39. The molecule has 2 aromatic heterocycles. The smallest absolute Gasteiger partial charge is 0.155 e. The molecule has 0 bridgehead atoms. The number of benzene rings is 1. The largest absolute Gasteiger partial charge is 0.383 e. The van der Waals surface area contributed by atoms with E-state index in [1.54, 1.807) is 37.6 Å². The number of nitrogens with zero attached hydrogens (tertiary/aromatic N) is 4. The molecule has 1 saturated carbocycles. The summed E-state index contributed by atoms with van der Waals surface area (Å²) in [5, 5.41) is 10.2. The minimum atomic E-state index is -1.37. The Balaban J connectivity index is 1.55. The van der Waals surface area contributed by atoms with Gasteiger partial charge in [-0.05, 0) is 36.2 Å². The standard InChI is InChI=1S/C24H21F2N5OS/c1-32-13-23-9-20(23)24(12-25,31-22(28)33-23)17-7-14(2-3-18(17)26)8-19-21-16(4-5-29-19)6-15(10-27)11-30-21/h2-7,11,20H,8-9,12-13H2,1H3,(H2,28,31)/t20-,23-,24-/m1/s1. The first-order valence-electron chi connectivity index (χ1n) is 10.5. The van der Waals surface area contributed by atoms with E-state index < -0.39 is 18.0 Å². The number of thioether (sulfide) groups is 1. The van der Waals surface area contributed by atoms with Crippen LogP contribution >= 0.6 is 11.8 Å². The van der Waals surface area contributed by atoms with Crippen LogP contribution in [0.1, 0.15) is 28.8 Å². The summed E-state index contributed by atoms with van der Waals surface area (Å²) in [5.41, 5.74) is 7.48. The average molecular weight is 466 g/mol. The Morgan fingerprint density at radius 2 is 2.15 bits per heavy atom. The summed E-state index contributed by atoms with van der Waals surface area (Å²) in [6, 6.07) is 10.3. The van der Waals surface area contributed by atoms with Crippen LogP contribution in [0.15, 0.2) is 47.7 Å². The molecule has 6 nitrogen and oxygen atoms in total. The van der Waals surface area contributed by atoms with Gasteiger partial charge in [-0.1, -0.05) is 17.8 Å². The molecule has 9 heteroatoms. The van der Waals surface area contributed by atoms with Crippen molar-refractivity contribution >= 4 is 27.8 Å². The molecule has 0 spiro atoms. The molecule has 1 aliphatic heterocycles. The van der Waals surface area contributed by atoms with Gasteiger partial charge in [0.15, 0.2) is 5.17 Å².